The molecule has 0 aliphatic carbocycles. The number of carboxylic acids is 1. The lowest BCUT2D eigenvalue weighted by atomic mass is 9.90. The van der Waals surface area contributed by atoms with Crippen LogP contribution >= 0.6 is 0 Å². The van der Waals surface area contributed by atoms with E-state index in [-0.39, 0.29) is 18.1 Å². The van der Waals surface area contributed by atoms with Gasteiger partial charge in [0, 0.05) is 19.6 Å². The van der Waals surface area contributed by atoms with Crippen LogP contribution in [0.2, 0.25) is 0 Å². The first-order valence-electron chi connectivity index (χ1n) is 10.5. The van der Waals surface area contributed by atoms with Gasteiger partial charge in [-0.1, -0.05) is 38.1 Å². The normalized spacial score (nSPS) is 13.1. The molecule has 7 nitrogen and oxygen atoms in total. The maximum Gasteiger partial charge on any atom is 0.333 e. The molecule has 164 valence electrons. The zero-order valence-electron chi connectivity index (χ0n) is 18.1. The Morgan fingerprint density at radius 2 is 1.84 bits per heavy atom. The van der Waals surface area contributed by atoms with Crippen LogP contribution in [0.3, 0.4) is 0 Å². The summed E-state index contributed by atoms with van der Waals surface area (Å²) in [6.07, 6.45) is 0.524. The fourth-order valence-electron chi connectivity index (χ4n) is 3.58. The van der Waals surface area contributed by atoms with Crippen molar-refractivity contribution >= 4 is 16.9 Å². The Kier molecular flexibility index (Phi) is 7.41. The fraction of sp³-hybridized carbons (Fsp3) is 0.375. The van der Waals surface area contributed by atoms with E-state index in [4.69, 9.17) is 9.47 Å². The van der Waals surface area contributed by atoms with Gasteiger partial charge in [0.25, 0.3) is 5.56 Å². The first-order valence-corrected chi connectivity index (χ1v) is 10.5. The summed E-state index contributed by atoms with van der Waals surface area (Å²) in [5, 5.41) is 10.1. The molecule has 1 heterocycles. The second-order valence-electron chi connectivity index (χ2n) is 7.41. The van der Waals surface area contributed by atoms with Crippen molar-refractivity contribution in [2.75, 3.05) is 6.61 Å². The van der Waals surface area contributed by atoms with Crippen LogP contribution in [0.1, 0.15) is 44.0 Å². The largest absolute Gasteiger partial charge is 0.486 e. The fourth-order valence-corrected chi connectivity index (χ4v) is 3.58. The maximum atomic E-state index is 12.5. The minimum absolute atomic E-state index is 0.114. The Hall–Kier alpha value is -3.19. The molecule has 2 aromatic carbocycles. The van der Waals surface area contributed by atoms with Crippen LogP contribution in [0.25, 0.3) is 10.9 Å². The van der Waals surface area contributed by atoms with Crippen LogP contribution in [0.4, 0.5) is 0 Å². The molecule has 3 rings (SSSR count). The average molecular weight is 424 g/mol. The molecule has 0 amide bonds. The number of carbonyl (C=O) groups is 1. The molecule has 0 saturated carbocycles. The molecule has 1 N–H and O–H groups in total. The zero-order chi connectivity index (χ0) is 22.4. The predicted molar refractivity (Wildman–Crippen MR) is 118 cm³/mol. The number of ether oxygens (including phenoxy) is 2. The third-order valence-electron chi connectivity index (χ3n) is 5.30. The molecule has 3 aromatic rings. The maximum absolute atomic E-state index is 12.5. The average Bonchev–Trinajstić information content (AvgIpc) is 2.78. The standard InChI is InChI=1S/C24H28N2O5/c1-4-14-30-22(24(28)29)18(5-2)16-10-12-17(13-11-16)31-15-21-25-20-9-7-6-8-19(20)23(27)26(21)3/h6-13,18,22H,4-5,14-15H2,1-3H3,(H,28,29). The van der Waals surface area contributed by atoms with Gasteiger partial charge in [-0.05, 0) is 42.7 Å². The SMILES string of the molecule is CCCOC(C(=O)O)C(CC)c1ccc(OCc2nc3ccccc3c(=O)n2C)cc1. The molecule has 0 aliphatic heterocycles. The minimum atomic E-state index is -0.955. The van der Waals surface area contributed by atoms with Gasteiger partial charge in [-0.15, -0.1) is 0 Å². The Morgan fingerprint density at radius 3 is 2.48 bits per heavy atom. The number of aliphatic carboxylic acids is 1. The molecule has 2 atom stereocenters. The highest BCUT2D eigenvalue weighted by molar-refractivity contribution is 5.77. The quantitative estimate of drug-likeness (QED) is 0.531. The molecule has 0 spiro atoms. The van der Waals surface area contributed by atoms with Gasteiger partial charge in [0.2, 0.25) is 0 Å². The number of benzene rings is 2. The Balaban J connectivity index is 1.75. The van der Waals surface area contributed by atoms with E-state index in [1.165, 1.54) is 4.57 Å². The molecule has 0 saturated heterocycles. The topological polar surface area (TPSA) is 90.7 Å². The highest BCUT2D eigenvalue weighted by Crippen LogP contribution is 2.28. The van der Waals surface area contributed by atoms with Gasteiger partial charge in [-0.2, -0.15) is 0 Å². The lowest BCUT2D eigenvalue weighted by Crippen LogP contribution is -2.31. The molecule has 0 radical (unpaired) electrons. The van der Waals surface area contributed by atoms with Gasteiger partial charge in [0.05, 0.1) is 10.9 Å². The van der Waals surface area contributed by atoms with Crippen molar-refractivity contribution in [2.45, 2.75) is 45.3 Å². The number of carboxylic acid groups (broad SMARTS) is 1. The summed E-state index contributed by atoms with van der Waals surface area (Å²) in [6, 6.07) is 14.5. The van der Waals surface area contributed by atoms with Crippen LogP contribution in [-0.4, -0.2) is 33.3 Å². The van der Waals surface area contributed by atoms with E-state index in [1.807, 2.05) is 38.1 Å². The molecule has 31 heavy (non-hydrogen) atoms. The number of aromatic nitrogens is 2. The van der Waals surface area contributed by atoms with Crippen LogP contribution in [0.5, 0.6) is 5.75 Å². The van der Waals surface area contributed by atoms with Gasteiger partial charge >= 0.3 is 5.97 Å². The van der Waals surface area contributed by atoms with E-state index in [2.05, 4.69) is 4.98 Å². The molecule has 2 unspecified atom stereocenters. The van der Waals surface area contributed by atoms with Gasteiger partial charge in [0.1, 0.15) is 18.2 Å². The van der Waals surface area contributed by atoms with Crippen molar-refractivity contribution in [3.05, 3.63) is 70.3 Å². The van der Waals surface area contributed by atoms with E-state index in [1.54, 1.807) is 31.3 Å². The van der Waals surface area contributed by atoms with Crippen LogP contribution in [-0.2, 0) is 23.2 Å². The second-order valence-corrected chi connectivity index (χ2v) is 7.41. The van der Waals surface area contributed by atoms with Gasteiger partial charge in [-0.3, -0.25) is 9.36 Å². The van der Waals surface area contributed by atoms with Crippen LogP contribution in [0, 0.1) is 0 Å². The van der Waals surface area contributed by atoms with Crippen molar-refractivity contribution in [1.82, 2.24) is 9.55 Å². The summed E-state index contributed by atoms with van der Waals surface area (Å²) in [5.74, 6) is -0.0644. The smallest absolute Gasteiger partial charge is 0.333 e. The first kappa shape index (κ1) is 22.5. The van der Waals surface area contributed by atoms with E-state index in [0.29, 0.717) is 35.5 Å². The lowest BCUT2D eigenvalue weighted by molar-refractivity contribution is -0.152. The summed E-state index contributed by atoms with van der Waals surface area (Å²) >= 11 is 0. The van der Waals surface area contributed by atoms with Crippen molar-refractivity contribution in [3.8, 4) is 5.75 Å². The lowest BCUT2D eigenvalue weighted by Gasteiger charge is -2.23. The molecular weight excluding hydrogens is 396 g/mol. The Morgan fingerprint density at radius 1 is 1.13 bits per heavy atom. The first-order chi connectivity index (χ1) is 15.0. The number of nitrogens with zero attached hydrogens (tertiary/aromatic N) is 2. The van der Waals surface area contributed by atoms with Gasteiger partial charge in [-0.25, -0.2) is 9.78 Å². The summed E-state index contributed by atoms with van der Waals surface area (Å²) in [6.45, 7) is 4.45. The summed E-state index contributed by atoms with van der Waals surface area (Å²) in [5.41, 5.74) is 1.41. The zero-order valence-corrected chi connectivity index (χ0v) is 18.1. The molecule has 0 bridgehead atoms. The Bertz CT molecular complexity index is 1090. The van der Waals surface area contributed by atoms with Crippen molar-refractivity contribution < 1.29 is 19.4 Å². The predicted octanol–water partition coefficient (Wildman–Crippen LogP) is 3.89. The third kappa shape index (κ3) is 5.11. The Labute approximate surface area is 181 Å². The number of rotatable bonds is 10. The van der Waals surface area contributed by atoms with Crippen molar-refractivity contribution in [2.24, 2.45) is 7.05 Å². The summed E-state index contributed by atoms with van der Waals surface area (Å²) in [4.78, 5) is 28.7. The number of hydrogen-bond donors (Lipinski definition) is 1. The summed E-state index contributed by atoms with van der Waals surface area (Å²) < 4.78 is 12.9. The van der Waals surface area contributed by atoms with Crippen LogP contribution in [0.15, 0.2) is 53.3 Å². The number of fused-ring (bicyclic) bond motifs is 1. The van der Waals surface area contributed by atoms with E-state index in [9.17, 15) is 14.7 Å². The van der Waals surface area contributed by atoms with Gasteiger partial charge < -0.3 is 14.6 Å². The van der Waals surface area contributed by atoms with E-state index >= 15 is 0 Å². The molecular formula is C24H28N2O5. The van der Waals surface area contributed by atoms with Gasteiger partial charge in [0.15, 0.2) is 6.10 Å². The van der Waals surface area contributed by atoms with Crippen molar-refractivity contribution in [1.29, 1.82) is 0 Å². The number of hydrogen-bond acceptors (Lipinski definition) is 5. The van der Waals surface area contributed by atoms with E-state index < -0.39 is 12.1 Å². The van der Waals surface area contributed by atoms with Crippen molar-refractivity contribution in [3.63, 3.8) is 0 Å². The monoisotopic (exact) mass is 424 g/mol. The highest BCUT2D eigenvalue weighted by Gasteiger charge is 2.29. The molecule has 7 heteroatoms. The highest BCUT2D eigenvalue weighted by atomic mass is 16.5. The number of para-hydroxylation sites is 1. The van der Waals surface area contributed by atoms with Crippen LogP contribution < -0.4 is 10.3 Å². The third-order valence-corrected chi connectivity index (χ3v) is 5.30. The minimum Gasteiger partial charge on any atom is -0.486 e. The summed E-state index contributed by atoms with van der Waals surface area (Å²) in [7, 11) is 1.68. The molecule has 0 aliphatic rings. The van der Waals surface area contributed by atoms with E-state index in [0.717, 1.165) is 12.0 Å². The second kappa shape index (κ2) is 10.2. The molecule has 1 aromatic heterocycles. The molecule has 0 fully saturated rings.